The van der Waals surface area contributed by atoms with Gasteiger partial charge in [0.15, 0.2) is 0 Å². The van der Waals surface area contributed by atoms with E-state index in [-0.39, 0.29) is 35.9 Å². The highest BCUT2D eigenvalue weighted by molar-refractivity contribution is 6.33. The van der Waals surface area contributed by atoms with Gasteiger partial charge >= 0.3 is 6.03 Å². The number of hydrogen-bond acceptors (Lipinski definition) is 3. The molecule has 3 amide bonds. The zero-order valence-electron chi connectivity index (χ0n) is 10.4. The summed E-state index contributed by atoms with van der Waals surface area (Å²) < 4.78 is 26.0. The van der Waals surface area contributed by atoms with Crippen molar-refractivity contribution in [2.24, 2.45) is 0 Å². The van der Waals surface area contributed by atoms with Crippen molar-refractivity contribution >= 4 is 34.9 Å². The summed E-state index contributed by atoms with van der Waals surface area (Å²) in [7, 11) is 0. The third kappa shape index (κ3) is 2.53. The fraction of sp³-hybridized carbons (Fsp3) is 0.333. The smallest absolute Gasteiger partial charge is 0.331 e. The fourth-order valence-corrected chi connectivity index (χ4v) is 2.09. The van der Waals surface area contributed by atoms with Gasteiger partial charge in [0.2, 0.25) is 0 Å². The SMILES string of the molecule is Nc1cc(N2C(=O)CN(CCCF)C2=O)c(F)cc1Cl. The van der Waals surface area contributed by atoms with Gasteiger partial charge in [0.05, 0.1) is 23.1 Å². The second-order valence-corrected chi connectivity index (χ2v) is 4.71. The van der Waals surface area contributed by atoms with Crippen LogP contribution in [0.25, 0.3) is 0 Å². The largest absolute Gasteiger partial charge is 0.397 e. The van der Waals surface area contributed by atoms with Crippen LogP contribution < -0.4 is 10.6 Å². The molecule has 1 fully saturated rings. The summed E-state index contributed by atoms with van der Waals surface area (Å²) in [5, 5.41) is -0.000342. The molecule has 1 saturated heterocycles. The monoisotopic (exact) mass is 303 g/mol. The van der Waals surface area contributed by atoms with Crippen LogP contribution in [0.3, 0.4) is 0 Å². The number of halogens is 3. The quantitative estimate of drug-likeness (QED) is 0.685. The Bertz CT molecular complexity index is 568. The molecule has 2 N–H and O–H groups in total. The zero-order chi connectivity index (χ0) is 14.9. The first-order valence-corrected chi connectivity index (χ1v) is 6.26. The third-order valence-corrected chi connectivity index (χ3v) is 3.23. The number of carbonyl (C=O) groups is 2. The van der Waals surface area contributed by atoms with Crippen LogP contribution in [0.2, 0.25) is 5.02 Å². The number of hydrogen-bond donors (Lipinski definition) is 1. The van der Waals surface area contributed by atoms with Gasteiger partial charge in [-0.05, 0) is 18.6 Å². The molecule has 1 aromatic rings. The Morgan fingerprint density at radius 2 is 2.05 bits per heavy atom. The molecule has 0 saturated carbocycles. The first kappa shape index (κ1) is 14.5. The van der Waals surface area contributed by atoms with Crippen molar-refractivity contribution in [2.45, 2.75) is 6.42 Å². The van der Waals surface area contributed by atoms with Crippen molar-refractivity contribution in [1.29, 1.82) is 0 Å². The molecule has 5 nitrogen and oxygen atoms in total. The Hall–Kier alpha value is -1.89. The summed E-state index contributed by atoms with van der Waals surface area (Å²) in [4.78, 5) is 25.7. The standard InChI is InChI=1S/C12H12ClF2N3O2/c13-7-4-8(15)10(5-9(7)16)18-11(19)6-17(12(18)20)3-1-2-14/h4-5H,1-3,6,16H2. The average Bonchev–Trinajstić information content (AvgIpc) is 2.67. The van der Waals surface area contributed by atoms with Gasteiger partial charge in [0.1, 0.15) is 12.4 Å². The van der Waals surface area contributed by atoms with Crippen LogP contribution in [0.4, 0.5) is 25.0 Å². The van der Waals surface area contributed by atoms with Crippen LogP contribution in [0.5, 0.6) is 0 Å². The first-order valence-electron chi connectivity index (χ1n) is 5.88. The van der Waals surface area contributed by atoms with E-state index in [1.54, 1.807) is 0 Å². The van der Waals surface area contributed by atoms with Crippen LogP contribution in [0.1, 0.15) is 6.42 Å². The van der Waals surface area contributed by atoms with Crippen molar-refractivity contribution < 1.29 is 18.4 Å². The molecule has 0 spiro atoms. The Balaban J connectivity index is 2.31. The second-order valence-electron chi connectivity index (χ2n) is 4.30. The Morgan fingerprint density at radius 1 is 1.35 bits per heavy atom. The van der Waals surface area contributed by atoms with E-state index in [1.807, 2.05) is 0 Å². The number of urea groups is 1. The molecular weight excluding hydrogens is 292 g/mol. The van der Waals surface area contributed by atoms with Crippen LogP contribution in [-0.4, -0.2) is 36.6 Å². The maximum Gasteiger partial charge on any atom is 0.331 e. The number of nitrogen functional groups attached to an aromatic ring is 1. The highest BCUT2D eigenvalue weighted by atomic mass is 35.5. The summed E-state index contributed by atoms with van der Waals surface area (Å²) in [5.41, 5.74) is 5.37. The van der Waals surface area contributed by atoms with E-state index in [0.717, 1.165) is 17.0 Å². The molecule has 2 rings (SSSR count). The lowest BCUT2D eigenvalue weighted by molar-refractivity contribution is -0.116. The van der Waals surface area contributed by atoms with E-state index >= 15 is 0 Å². The molecule has 20 heavy (non-hydrogen) atoms. The van der Waals surface area contributed by atoms with Gasteiger partial charge in [-0.1, -0.05) is 11.6 Å². The van der Waals surface area contributed by atoms with Gasteiger partial charge in [-0.15, -0.1) is 0 Å². The minimum Gasteiger partial charge on any atom is -0.397 e. The average molecular weight is 304 g/mol. The van der Waals surface area contributed by atoms with E-state index in [0.29, 0.717) is 4.90 Å². The van der Waals surface area contributed by atoms with Gasteiger partial charge in [-0.3, -0.25) is 9.18 Å². The van der Waals surface area contributed by atoms with Gasteiger partial charge < -0.3 is 10.6 Å². The van der Waals surface area contributed by atoms with Crippen molar-refractivity contribution in [3.8, 4) is 0 Å². The van der Waals surface area contributed by atoms with E-state index in [2.05, 4.69) is 0 Å². The van der Waals surface area contributed by atoms with Crippen molar-refractivity contribution in [2.75, 3.05) is 30.4 Å². The molecule has 8 heteroatoms. The highest BCUT2D eigenvalue weighted by Crippen LogP contribution is 2.31. The minimum absolute atomic E-state index is 0.000342. The molecule has 108 valence electrons. The Kier molecular flexibility index (Phi) is 4.08. The Labute approximate surface area is 118 Å². The number of alkyl halides is 1. The minimum atomic E-state index is -0.821. The Morgan fingerprint density at radius 3 is 2.70 bits per heavy atom. The number of nitrogens with two attached hydrogens (primary N) is 1. The summed E-state index contributed by atoms with van der Waals surface area (Å²) in [6.07, 6.45) is 0.123. The zero-order valence-corrected chi connectivity index (χ0v) is 11.2. The molecule has 0 unspecified atom stereocenters. The predicted molar refractivity (Wildman–Crippen MR) is 70.9 cm³/mol. The normalized spacial score (nSPS) is 15.3. The lowest BCUT2D eigenvalue weighted by Gasteiger charge is -2.17. The molecular formula is C12H12ClF2N3O2. The number of carbonyl (C=O) groups excluding carboxylic acids is 2. The molecule has 1 aliphatic heterocycles. The van der Waals surface area contributed by atoms with Crippen molar-refractivity contribution in [3.05, 3.63) is 23.0 Å². The predicted octanol–water partition coefficient (Wildman–Crippen LogP) is 2.19. The summed E-state index contributed by atoms with van der Waals surface area (Å²) in [6, 6.07) is 1.38. The number of rotatable bonds is 4. The molecule has 0 aromatic heterocycles. The first-order chi connectivity index (χ1) is 9.45. The topological polar surface area (TPSA) is 66.6 Å². The third-order valence-electron chi connectivity index (χ3n) is 2.91. The number of anilines is 2. The van der Waals surface area contributed by atoms with E-state index < -0.39 is 24.4 Å². The molecule has 1 heterocycles. The lowest BCUT2D eigenvalue weighted by Crippen LogP contribution is -2.34. The highest BCUT2D eigenvalue weighted by Gasteiger charge is 2.38. The number of amides is 3. The van der Waals surface area contributed by atoms with Gasteiger partial charge in [-0.2, -0.15) is 0 Å². The molecule has 1 aliphatic rings. The molecule has 0 atom stereocenters. The van der Waals surface area contributed by atoms with Gasteiger partial charge in [-0.25, -0.2) is 14.1 Å². The number of imide groups is 1. The van der Waals surface area contributed by atoms with Gasteiger partial charge in [0.25, 0.3) is 5.91 Å². The second kappa shape index (κ2) is 5.62. The van der Waals surface area contributed by atoms with Gasteiger partial charge in [0, 0.05) is 6.54 Å². The molecule has 0 aliphatic carbocycles. The van der Waals surface area contributed by atoms with Crippen LogP contribution in [0, 0.1) is 5.82 Å². The number of benzene rings is 1. The number of nitrogens with zero attached hydrogens (tertiary/aromatic N) is 2. The summed E-state index contributed by atoms with van der Waals surface area (Å²) >= 11 is 5.66. The fourth-order valence-electron chi connectivity index (χ4n) is 1.94. The van der Waals surface area contributed by atoms with Crippen LogP contribution in [-0.2, 0) is 4.79 Å². The maximum absolute atomic E-state index is 13.8. The van der Waals surface area contributed by atoms with Crippen LogP contribution in [0.15, 0.2) is 12.1 Å². The maximum atomic E-state index is 13.8. The van der Waals surface area contributed by atoms with E-state index in [1.165, 1.54) is 0 Å². The van der Waals surface area contributed by atoms with Crippen molar-refractivity contribution in [1.82, 2.24) is 4.90 Å². The molecule has 0 bridgehead atoms. The van der Waals surface area contributed by atoms with Crippen LogP contribution >= 0.6 is 11.6 Å². The van der Waals surface area contributed by atoms with E-state index in [9.17, 15) is 18.4 Å². The molecule has 0 radical (unpaired) electrons. The molecule has 1 aromatic carbocycles. The summed E-state index contributed by atoms with van der Waals surface area (Å²) in [6.45, 7) is -0.705. The lowest BCUT2D eigenvalue weighted by atomic mass is 10.2. The summed E-state index contributed by atoms with van der Waals surface area (Å²) in [5.74, 6) is -1.41. The van der Waals surface area contributed by atoms with E-state index in [4.69, 9.17) is 17.3 Å². The van der Waals surface area contributed by atoms with Crippen molar-refractivity contribution in [3.63, 3.8) is 0 Å².